The van der Waals surface area contributed by atoms with Gasteiger partial charge in [0.2, 0.25) is 0 Å². The molecule has 1 aliphatic rings. The van der Waals surface area contributed by atoms with Crippen LogP contribution in [-0.4, -0.2) is 44.8 Å². The first-order valence-electron chi connectivity index (χ1n) is 7.29. The zero-order valence-electron chi connectivity index (χ0n) is 12.1. The molecule has 0 spiro atoms. The van der Waals surface area contributed by atoms with Crippen molar-refractivity contribution in [1.29, 1.82) is 0 Å². The summed E-state index contributed by atoms with van der Waals surface area (Å²) >= 11 is 0. The molecule has 4 nitrogen and oxygen atoms in total. The molecule has 1 unspecified atom stereocenters. The van der Waals surface area contributed by atoms with Crippen LogP contribution in [0.1, 0.15) is 31.6 Å². The van der Waals surface area contributed by atoms with Gasteiger partial charge < -0.3 is 19.4 Å². The first-order valence-corrected chi connectivity index (χ1v) is 7.29. The standard InChI is InChI=1S/C15H26N2O2/c1-13(15-4-3-9-19-15)16-7-8-17(2)12-14-5-10-18-11-6-14/h3-4,9,13-14,16H,5-8,10-12H2,1-2H3. The van der Waals surface area contributed by atoms with Gasteiger partial charge in [-0.25, -0.2) is 0 Å². The molecule has 0 aromatic carbocycles. The highest BCUT2D eigenvalue weighted by molar-refractivity contribution is 5.02. The molecule has 1 saturated heterocycles. The van der Waals surface area contributed by atoms with Crippen molar-refractivity contribution in [2.24, 2.45) is 5.92 Å². The molecule has 1 aromatic rings. The van der Waals surface area contributed by atoms with E-state index >= 15 is 0 Å². The first kappa shape index (κ1) is 14.6. The summed E-state index contributed by atoms with van der Waals surface area (Å²) in [7, 11) is 2.20. The number of rotatable bonds is 7. The summed E-state index contributed by atoms with van der Waals surface area (Å²) in [5.74, 6) is 1.81. The number of furan rings is 1. The molecule has 0 bridgehead atoms. The third-order valence-electron chi connectivity index (χ3n) is 3.82. The van der Waals surface area contributed by atoms with E-state index in [1.54, 1.807) is 6.26 Å². The summed E-state index contributed by atoms with van der Waals surface area (Å²) in [5.41, 5.74) is 0. The fraction of sp³-hybridized carbons (Fsp3) is 0.733. The molecule has 108 valence electrons. The van der Waals surface area contributed by atoms with E-state index in [9.17, 15) is 0 Å². The number of likely N-dealkylation sites (N-methyl/N-ethyl adjacent to an activating group) is 1. The smallest absolute Gasteiger partial charge is 0.120 e. The lowest BCUT2D eigenvalue weighted by molar-refractivity contribution is 0.0558. The van der Waals surface area contributed by atoms with Crippen molar-refractivity contribution in [2.45, 2.75) is 25.8 Å². The Morgan fingerprint density at radius 1 is 1.42 bits per heavy atom. The summed E-state index contributed by atoms with van der Waals surface area (Å²) < 4.78 is 10.8. The van der Waals surface area contributed by atoms with Crippen LogP contribution in [0.25, 0.3) is 0 Å². The van der Waals surface area contributed by atoms with Crippen LogP contribution >= 0.6 is 0 Å². The van der Waals surface area contributed by atoms with Crippen molar-refractivity contribution < 1.29 is 9.15 Å². The van der Waals surface area contributed by atoms with Crippen molar-refractivity contribution in [1.82, 2.24) is 10.2 Å². The largest absolute Gasteiger partial charge is 0.468 e. The minimum absolute atomic E-state index is 0.284. The predicted molar refractivity (Wildman–Crippen MR) is 76.2 cm³/mol. The quantitative estimate of drug-likeness (QED) is 0.821. The van der Waals surface area contributed by atoms with Gasteiger partial charge in [-0.2, -0.15) is 0 Å². The van der Waals surface area contributed by atoms with Gasteiger partial charge in [-0.05, 0) is 44.9 Å². The number of hydrogen-bond donors (Lipinski definition) is 1. The van der Waals surface area contributed by atoms with Crippen LogP contribution in [0, 0.1) is 5.92 Å². The van der Waals surface area contributed by atoms with Gasteiger partial charge in [0.25, 0.3) is 0 Å². The van der Waals surface area contributed by atoms with Crippen LogP contribution in [0.15, 0.2) is 22.8 Å². The van der Waals surface area contributed by atoms with Crippen LogP contribution in [0.4, 0.5) is 0 Å². The van der Waals surface area contributed by atoms with E-state index in [2.05, 4.69) is 24.2 Å². The fourth-order valence-electron chi connectivity index (χ4n) is 2.57. The van der Waals surface area contributed by atoms with Gasteiger partial charge in [-0.3, -0.25) is 0 Å². The summed E-state index contributed by atoms with van der Waals surface area (Å²) in [4.78, 5) is 2.41. The monoisotopic (exact) mass is 266 g/mol. The maximum atomic E-state index is 5.39. The molecule has 0 aliphatic carbocycles. The Labute approximate surface area is 116 Å². The second kappa shape index (κ2) is 7.68. The highest BCUT2D eigenvalue weighted by Crippen LogP contribution is 2.15. The molecule has 1 aromatic heterocycles. The molecule has 2 rings (SSSR count). The SMILES string of the molecule is CC(NCCN(C)CC1CCOCC1)c1ccco1. The predicted octanol–water partition coefficient (Wildman–Crippen LogP) is 2.29. The van der Waals surface area contributed by atoms with Gasteiger partial charge in [-0.1, -0.05) is 0 Å². The maximum absolute atomic E-state index is 5.39. The van der Waals surface area contributed by atoms with Gasteiger partial charge in [0.05, 0.1) is 12.3 Å². The molecule has 4 heteroatoms. The molecular weight excluding hydrogens is 240 g/mol. The Kier molecular flexibility index (Phi) is 5.89. The highest BCUT2D eigenvalue weighted by Gasteiger charge is 2.15. The second-order valence-corrected chi connectivity index (χ2v) is 5.51. The summed E-state index contributed by atoms with van der Waals surface area (Å²) in [6, 6.07) is 4.24. The third kappa shape index (κ3) is 4.97. The van der Waals surface area contributed by atoms with Crippen molar-refractivity contribution in [3.63, 3.8) is 0 Å². The minimum atomic E-state index is 0.284. The number of nitrogens with one attached hydrogen (secondary N) is 1. The van der Waals surface area contributed by atoms with E-state index in [1.807, 2.05) is 12.1 Å². The number of ether oxygens (including phenoxy) is 1. The lowest BCUT2D eigenvalue weighted by Gasteiger charge is -2.27. The number of nitrogens with zero attached hydrogens (tertiary/aromatic N) is 1. The van der Waals surface area contributed by atoms with Crippen molar-refractivity contribution >= 4 is 0 Å². The molecule has 0 amide bonds. The fourth-order valence-corrected chi connectivity index (χ4v) is 2.57. The van der Waals surface area contributed by atoms with Crippen LogP contribution < -0.4 is 5.32 Å². The summed E-state index contributed by atoms with van der Waals surface area (Å²) in [6.45, 7) is 7.25. The van der Waals surface area contributed by atoms with Gasteiger partial charge in [0.15, 0.2) is 0 Å². The molecular formula is C15H26N2O2. The van der Waals surface area contributed by atoms with Crippen LogP contribution in [0.3, 0.4) is 0 Å². The van der Waals surface area contributed by atoms with Gasteiger partial charge in [0, 0.05) is 32.8 Å². The summed E-state index contributed by atoms with van der Waals surface area (Å²) in [6.07, 6.45) is 4.14. The van der Waals surface area contributed by atoms with E-state index in [1.165, 1.54) is 19.4 Å². The maximum Gasteiger partial charge on any atom is 0.120 e. The van der Waals surface area contributed by atoms with Crippen LogP contribution in [-0.2, 0) is 4.74 Å². The average molecular weight is 266 g/mol. The van der Waals surface area contributed by atoms with Crippen LogP contribution in [0.5, 0.6) is 0 Å². The second-order valence-electron chi connectivity index (χ2n) is 5.51. The molecule has 1 fully saturated rings. The highest BCUT2D eigenvalue weighted by atomic mass is 16.5. The van der Waals surface area contributed by atoms with E-state index < -0.39 is 0 Å². The third-order valence-corrected chi connectivity index (χ3v) is 3.82. The Bertz CT molecular complexity index is 334. The van der Waals surface area contributed by atoms with Gasteiger partial charge >= 0.3 is 0 Å². The normalized spacial score (nSPS) is 18.9. The van der Waals surface area contributed by atoms with Gasteiger partial charge in [-0.15, -0.1) is 0 Å². The molecule has 0 saturated carbocycles. The Hall–Kier alpha value is -0.840. The zero-order valence-corrected chi connectivity index (χ0v) is 12.1. The minimum Gasteiger partial charge on any atom is -0.468 e. The van der Waals surface area contributed by atoms with E-state index in [4.69, 9.17) is 9.15 Å². The van der Waals surface area contributed by atoms with E-state index in [0.717, 1.165) is 38.0 Å². The molecule has 1 N–H and O–H groups in total. The molecule has 0 radical (unpaired) electrons. The zero-order chi connectivity index (χ0) is 13.5. The average Bonchev–Trinajstić information content (AvgIpc) is 2.93. The Morgan fingerprint density at radius 3 is 2.89 bits per heavy atom. The number of hydrogen-bond acceptors (Lipinski definition) is 4. The van der Waals surface area contributed by atoms with E-state index in [0.29, 0.717) is 0 Å². The molecule has 19 heavy (non-hydrogen) atoms. The van der Waals surface area contributed by atoms with Gasteiger partial charge in [0.1, 0.15) is 5.76 Å². The van der Waals surface area contributed by atoms with E-state index in [-0.39, 0.29) is 6.04 Å². The summed E-state index contributed by atoms with van der Waals surface area (Å²) in [5, 5.41) is 3.49. The van der Waals surface area contributed by atoms with Crippen molar-refractivity contribution in [3.05, 3.63) is 24.2 Å². The van der Waals surface area contributed by atoms with Crippen LogP contribution in [0.2, 0.25) is 0 Å². The van der Waals surface area contributed by atoms with Crippen molar-refractivity contribution in [2.75, 3.05) is 39.9 Å². The topological polar surface area (TPSA) is 37.6 Å². The lowest BCUT2D eigenvalue weighted by Crippen LogP contribution is -2.35. The molecule has 1 atom stereocenters. The van der Waals surface area contributed by atoms with Crippen molar-refractivity contribution in [3.8, 4) is 0 Å². The first-order chi connectivity index (χ1) is 9.25. The molecule has 1 aliphatic heterocycles. The molecule has 2 heterocycles. The Balaban J connectivity index is 1.59. The lowest BCUT2D eigenvalue weighted by atomic mass is 10.00. The Morgan fingerprint density at radius 2 is 2.21 bits per heavy atom.